The van der Waals surface area contributed by atoms with E-state index in [1.54, 1.807) is 0 Å². The van der Waals surface area contributed by atoms with Gasteiger partial charge in [-0.2, -0.15) is 0 Å². The molecule has 0 aromatic heterocycles. The molecule has 0 radical (unpaired) electrons. The average molecular weight is 238 g/mol. The fourth-order valence-corrected chi connectivity index (χ4v) is 2.36. The number of allylic oxidation sites excluding steroid dienone is 1. The molecule has 17 heavy (non-hydrogen) atoms. The van der Waals surface area contributed by atoms with Gasteiger partial charge in [-0.1, -0.05) is 39.3 Å². The quantitative estimate of drug-likeness (QED) is 0.760. The van der Waals surface area contributed by atoms with Crippen molar-refractivity contribution in [2.45, 2.75) is 60.0 Å². The Hall–Kier alpha value is -0.340. The second-order valence-corrected chi connectivity index (χ2v) is 6.62. The highest BCUT2D eigenvalue weighted by atomic mass is 15.2. The molecule has 2 unspecified atom stereocenters. The summed E-state index contributed by atoms with van der Waals surface area (Å²) in [4.78, 5) is 2.64. The first kappa shape index (κ1) is 14.7. The molecule has 2 heteroatoms. The normalized spacial score (nSPS) is 26.9. The van der Waals surface area contributed by atoms with Crippen molar-refractivity contribution in [3.63, 3.8) is 0 Å². The first-order valence-electron chi connectivity index (χ1n) is 6.95. The Morgan fingerprint density at radius 3 is 2.47 bits per heavy atom. The van der Waals surface area contributed by atoms with Gasteiger partial charge in [0.05, 0.1) is 0 Å². The zero-order chi connectivity index (χ0) is 13.1. The summed E-state index contributed by atoms with van der Waals surface area (Å²) in [5.74, 6) is 0. The van der Waals surface area contributed by atoms with Crippen LogP contribution in [0.3, 0.4) is 0 Å². The first-order valence-corrected chi connectivity index (χ1v) is 6.95. The molecule has 0 aromatic rings. The van der Waals surface area contributed by atoms with Gasteiger partial charge in [0.15, 0.2) is 0 Å². The van der Waals surface area contributed by atoms with Crippen molar-refractivity contribution < 1.29 is 0 Å². The third kappa shape index (κ3) is 4.44. The van der Waals surface area contributed by atoms with Crippen LogP contribution in [0.5, 0.6) is 0 Å². The Balaban J connectivity index is 2.65. The van der Waals surface area contributed by atoms with Crippen LogP contribution in [0.4, 0.5) is 0 Å². The van der Waals surface area contributed by atoms with Crippen LogP contribution in [0.25, 0.3) is 0 Å². The zero-order valence-electron chi connectivity index (χ0n) is 12.5. The van der Waals surface area contributed by atoms with Crippen LogP contribution in [0.2, 0.25) is 0 Å². The Kier molecular flexibility index (Phi) is 5.21. The predicted molar refractivity (Wildman–Crippen MR) is 76.3 cm³/mol. The fourth-order valence-electron chi connectivity index (χ4n) is 2.36. The molecular formula is C15H30N2. The Morgan fingerprint density at radius 1 is 1.35 bits per heavy atom. The number of nitrogens with zero attached hydrogens (tertiary/aromatic N) is 1. The Morgan fingerprint density at radius 2 is 2.00 bits per heavy atom. The van der Waals surface area contributed by atoms with Gasteiger partial charge in [-0.3, -0.25) is 4.90 Å². The largest absolute Gasteiger partial charge is 0.311 e. The molecule has 1 aliphatic heterocycles. The predicted octanol–water partition coefficient (Wildman–Crippen LogP) is 3.05. The minimum atomic E-state index is 0.349. The van der Waals surface area contributed by atoms with Crippen LogP contribution in [-0.4, -0.2) is 36.6 Å². The van der Waals surface area contributed by atoms with E-state index >= 15 is 0 Å². The monoisotopic (exact) mass is 238 g/mol. The minimum Gasteiger partial charge on any atom is -0.311 e. The van der Waals surface area contributed by atoms with Crippen molar-refractivity contribution >= 4 is 0 Å². The highest BCUT2D eigenvalue weighted by molar-refractivity contribution is 4.99. The van der Waals surface area contributed by atoms with Gasteiger partial charge < -0.3 is 5.32 Å². The Bertz CT molecular complexity index is 259. The molecule has 0 spiro atoms. The van der Waals surface area contributed by atoms with E-state index < -0.39 is 0 Å². The van der Waals surface area contributed by atoms with Gasteiger partial charge in [0.2, 0.25) is 0 Å². The molecule has 2 nitrogen and oxygen atoms in total. The first-order chi connectivity index (χ1) is 7.84. The van der Waals surface area contributed by atoms with Gasteiger partial charge in [0.1, 0.15) is 0 Å². The van der Waals surface area contributed by atoms with Gasteiger partial charge in [0.25, 0.3) is 0 Å². The van der Waals surface area contributed by atoms with E-state index in [2.05, 4.69) is 57.8 Å². The summed E-state index contributed by atoms with van der Waals surface area (Å²) in [7, 11) is 0. The molecule has 0 bridgehead atoms. The summed E-state index contributed by atoms with van der Waals surface area (Å²) in [6.07, 6.45) is 3.59. The summed E-state index contributed by atoms with van der Waals surface area (Å²) in [5.41, 5.74) is 1.77. The maximum absolute atomic E-state index is 3.72. The van der Waals surface area contributed by atoms with Crippen molar-refractivity contribution in [3.8, 4) is 0 Å². The summed E-state index contributed by atoms with van der Waals surface area (Å²) >= 11 is 0. The van der Waals surface area contributed by atoms with Gasteiger partial charge in [0, 0.05) is 31.7 Å². The zero-order valence-corrected chi connectivity index (χ0v) is 12.5. The lowest BCUT2D eigenvalue weighted by Crippen LogP contribution is -2.60. The lowest BCUT2D eigenvalue weighted by atomic mass is 9.84. The van der Waals surface area contributed by atoms with Crippen LogP contribution in [0, 0.1) is 5.41 Å². The van der Waals surface area contributed by atoms with Crippen LogP contribution < -0.4 is 5.32 Å². The van der Waals surface area contributed by atoms with Gasteiger partial charge in [-0.05, 0) is 25.7 Å². The molecular weight excluding hydrogens is 208 g/mol. The van der Waals surface area contributed by atoms with Crippen molar-refractivity contribution in [1.82, 2.24) is 10.2 Å². The SMILES string of the molecule is CCC1CNC(C(C)(C)C)CN1CC=C(C)C. The fraction of sp³-hybridized carbons (Fsp3) is 0.867. The Labute approximate surface area is 107 Å². The molecule has 100 valence electrons. The van der Waals surface area contributed by atoms with Crippen molar-refractivity contribution in [2.24, 2.45) is 5.41 Å². The van der Waals surface area contributed by atoms with Gasteiger partial charge >= 0.3 is 0 Å². The number of piperazine rings is 1. The molecule has 2 atom stereocenters. The van der Waals surface area contributed by atoms with Crippen molar-refractivity contribution in [1.29, 1.82) is 0 Å². The molecule has 0 saturated carbocycles. The highest BCUT2D eigenvalue weighted by Crippen LogP contribution is 2.24. The standard InChI is InChI=1S/C15H30N2/c1-7-13-10-16-14(15(4,5)6)11-17(13)9-8-12(2)3/h8,13-14,16H,7,9-11H2,1-6H3. The molecule has 1 N–H and O–H groups in total. The van der Waals surface area contributed by atoms with Gasteiger partial charge in [-0.15, -0.1) is 0 Å². The summed E-state index contributed by atoms with van der Waals surface area (Å²) in [5, 5.41) is 3.72. The molecule has 0 aromatic carbocycles. The van der Waals surface area contributed by atoms with Crippen molar-refractivity contribution in [3.05, 3.63) is 11.6 Å². The maximum atomic E-state index is 3.72. The molecule has 1 aliphatic rings. The summed E-state index contributed by atoms with van der Waals surface area (Å²) < 4.78 is 0. The average Bonchev–Trinajstić information content (AvgIpc) is 2.24. The second-order valence-electron chi connectivity index (χ2n) is 6.62. The highest BCUT2D eigenvalue weighted by Gasteiger charge is 2.32. The lowest BCUT2D eigenvalue weighted by Gasteiger charge is -2.44. The van der Waals surface area contributed by atoms with Gasteiger partial charge in [-0.25, -0.2) is 0 Å². The number of hydrogen-bond donors (Lipinski definition) is 1. The molecule has 0 amide bonds. The number of hydrogen-bond acceptors (Lipinski definition) is 2. The topological polar surface area (TPSA) is 15.3 Å². The summed E-state index contributed by atoms with van der Waals surface area (Å²) in [6, 6.07) is 1.31. The van der Waals surface area contributed by atoms with E-state index in [-0.39, 0.29) is 0 Å². The molecule has 1 heterocycles. The van der Waals surface area contributed by atoms with Crippen LogP contribution >= 0.6 is 0 Å². The molecule has 1 rings (SSSR count). The molecule has 1 fully saturated rings. The maximum Gasteiger partial charge on any atom is 0.0244 e. The van der Waals surface area contributed by atoms with E-state index in [1.165, 1.54) is 18.5 Å². The van der Waals surface area contributed by atoms with Crippen LogP contribution in [0.1, 0.15) is 48.0 Å². The molecule has 0 aliphatic carbocycles. The summed E-state index contributed by atoms with van der Waals surface area (Å²) in [6.45, 7) is 17.1. The van der Waals surface area contributed by atoms with E-state index in [0.717, 1.165) is 13.1 Å². The van der Waals surface area contributed by atoms with Crippen LogP contribution in [-0.2, 0) is 0 Å². The minimum absolute atomic E-state index is 0.349. The number of nitrogens with one attached hydrogen (secondary N) is 1. The van der Waals surface area contributed by atoms with Crippen molar-refractivity contribution in [2.75, 3.05) is 19.6 Å². The van der Waals surface area contributed by atoms with E-state index in [4.69, 9.17) is 0 Å². The van der Waals surface area contributed by atoms with E-state index in [9.17, 15) is 0 Å². The van der Waals surface area contributed by atoms with Crippen LogP contribution in [0.15, 0.2) is 11.6 Å². The number of rotatable bonds is 3. The van der Waals surface area contributed by atoms with E-state index in [0.29, 0.717) is 17.5 Å². The third-order valence-electron chi connectivity index (χ3n) is 3.78. The third-order valence-corrected chi connectivity index (χ3v) is 3.78. The second kappa shape index (κ2) is 6.01. The lowest BCUT2D eigenvalue weighted by molar-refractivity contribution is 0.0937. The smallest absolute Gasteiger partial charge is 0.0244 e. The van der Waals surface area contributed by atoms with E-state index in [1.807, 2.05) is 0 Å². The molecule has 1 saturated heterocycles.